The SMILES string of the molecule is Nc1ncccc1-c1nc2ccc(-c3ccccc3)nc2n1-c1ccc(CN2C[C@@H]3CN(c4ncnc(Cl)n4)C[C@@H]3C2)cc1. The van der Waals surface area contributed by atoms with E-state index < -0.39 is 0 Å². The number of imidazole rings is 1. The van der Waals surface area contributed by atoms with E-state index in [0.29, 0.717) is 29.4 Å². The number of nitrogen functional groups attached to an aromatic ring is 1. The van der Waals surface area contributed by atoms with E-state index >= 15 is 0 Å². The molecule has 0 saturated carbocycles. The summed E-state index contributed by atoms with van der Waals surface area (Å²) in [5.41, 5.74) is 12.8. The number of fused-ring (bicyclic) bond motifs is 2. The van der Waals surface area contributed by atoms with Crippen molar-refractivity contribution in [1.29, 1.82) is 0 Å². The Balaban J connectivity index is 1.06. The minimum Gasteiger partial charge on any atom is -0.383 e. The van der Waals surface area contributed by atoms with Gasteiger partial charge in [0, 0.05) is 50.2 Å². The number of rotatable bonds is 6. The van der Waals surface area contributed by atoms with Gasteiger partial charge in [-0.05, 0) is 65.4 Å². The quantitative estimate of drug-likeness (QED) is 0.277. The maximum absolute atomic E-state index is 6.34. The lowest BCUT2D eigenvalue weighted by Crippen LogP contribution is -2.29. The Hall–Kier alpha value is -4.93. The minimum atomic E-state index is 0.240. The number of benzene rings is 2. The van der Waals surface area contributed by atoms with Crippen molar-refractivity contribution >= 4 is 34.5 Å². The van der Waals surface area contributed by atoms with Gasteiger partial charge in [-0.25, -0.2) is 24.9 Å². The van der Waals surface area contributed by atoms with E-state index in [1.165, 1.54) is 11.9 Å². The molecule has 2 aromatic carbocycles. The van der Waals surface area contributed by atoms with Gasteiger partial charge in [-0.3, -0.25) is 9.47 Å². The Morgan fingerprint density at radius 3 is 2.32 bits per heavy atom. The second-order valence-electron chi connectivity index (χ2n) is 11.5. The van der Waals surface area contributed by atoms with Crippen LogP contribution in [0.1, 0.15) is 5.56 Å². The van der Waals surface area contributed by atoms with Gasteiger partial charge in [0.15, 0.2) is 11.5 Å². The monoisotopic (exact) mass is 600 g/mol. The molecule has 0 amide bonds. The Kier molecular flexibility index (Phi) is 6.65. The average Bonchev–Trinajstić information content (AvgIpc) is 3.74. The first-order valence-corrected chi connectivity index (χ1v) is 15.0. The summed E-state index contributed by atoms with van der Waals surface area (Å²) in [6.07, 6.45) is 3.17. The molecule has 0 unspecified atom stereocenters. The number of anilines is 2. The molecule has 2 N–H and O–H groups in total. The van der Waals surface area contributed by atoms with Gasteiger partial charge in [-0.2, -0.15) is 4.98 Å². The summed E-state index contributed by atoms with van der Waals surface area (Å²) in [5.74, 6) is 2.98. The minimum absolute atomic E-state index is 0.240. The van der Waals surface area contributed by atoms with Crippen LogP contribution in [0.4, 0.5) is 11.8 Å². The Morgan fingerprint density at radius 2 is 1.57 bits per heavy atom. The highest BCUT2D eigenvalue weighted by Crippen LogP contribution is 2.35. The van der Waals surface area contributed by atoms with Crippen LogP contribution in [-0.4, -0.2) is 65.5 Å². The number of pyridine rings is 2. The predicted molar refractivity (Wildman–Crippen MR) is 171 cm³/mol. The zero-order valence-electron chi connectivity index (χ0n) is 23.8. The van der Waals surface area contributed by atoms with Crippen molar-refractivity contribution in [3.63, 3.8) is 0 Å². The summed E-state index contributed by atoms with van der Waals surface area (Å²) in [6, 6.07) is 26.7. The summed E-state index contributed by atoms with van der Waals surface area (Å²) < 4.78 is 2.08. The number of nitrogens with two attached hydrogens (primary N) is 1. The van der Waals surface area contributed by atoms with Gasteiger partial charge >= 0.3 is 0 Å². The van der Waals surface area contributed by atoms with Crippen LogP contribution in [0.5, 0.6) is 0 Å². The van der Waals surface area contributed by atoms with Gasteiger partial charge in [0.25, 0.3) is 0 Å². The molecule has 4 aromatic heterocycles. The molecule has 2 saturated heterocycles. The molecule has 218 valence electrons. The third-order valence-corrected chi connectivity index (χ3v) is 8.81. The number of likely N-dealkylation sites (tertiary alicyclic amines) is 1. The first-order valence-electron chi connectivity index (χ1n) is 14.7. The van der Waals surface area contributed by atoms with Gasteiger partial charge < -0.3 is 10.6 Å². The second-order valence-corrected chi connectivity index (χ2v) is 11.8. The van der Waals surface area contributed by atoms with Crippen LogP contribution in [0.3, 0.4) is 0 Å². The van der Waals surface area contributed by atoms with Crippen LogP contribution in [0.15, 0.2) is 91.4 Å². The highest BCUT2D eigenvalue weighted by atomic mass is 35.5. The van der Waals surface area contributed by atoms with E-state index in [9.17, 15) is 0 Å². The van der Waals surface area contributed by atoms with E-state index in [-0.39, 0.29) is 5.28 Å². The van der Waals surface area contributed by atoms with Crippen molar-refractivity contribution in [3.8, 4) is 28.3 Å². The van der Waals surface area contributed by atoms with Gasteiger partial charge in [0.2, 0.25) is 11.2 Å². The van der Waals surface area contributed by atoms with Crippen molar-refractivity contribution in [2.75, 3.05) is 36.8 Å². The normalized spacial score (nSPS) is 18.2. The van der Waals surface area contributed by atoms with Crippen LogP contribution in [-0.2, 0) is 6.54 Å². The zero-order chi connectivity index (χ0) is 29.6. The molecule has 2 aliphatic heterocycles. The number of nitrogens with zero attached hydrogens (tertiary/aromatic N) is 9. The van der Waals surface area contributed by atoms with Gasteiger partial charge in [-0.15, -0.1) is 0 Å². The first-order chi connectivity index (χ1) is 21.6. The van der Waals surface area contributed by atoms with Crippen molar-refractivity contribution < 1.29 is 0 Å². The molecule has 6 heterocycles. The molecule has 8 rings (SSSR count). The topological polar surface area (TPSA) is 115 Å². The Bertz CT molecular complexity index is 1950. The van der Waals surface area contributed by atoms with E-state index in [2.05, 4.69) is 70.7 Å². The number of halogens is 1. The predicted octanol–water partition coefficient (Wildman–Crippen LogP) is 5.14. The van der Waals surface area contributed by atoms with Gasteiger partial charge in [0.05, 0.1) is 11.3 Å². The highest BCUT2D eigenvalue weighted by Gasteiger charge is 2.40. The van der Waals surface area contributed by atoms with E-state index in [1.54, 1.807) is 6.20 Å². The molecule has 0 bridgehead atoms. The fourth-order valence-corrected chi connectivity index (χ4v) is 6.69. The van der Waals surface area contributed by atoms with Crippen LogP contribution < -0.4 is 10.6 Å². The molecule has 11 heteroatoms. The summed E-state index contributed by atoms with van der Waals surface area (Å²) in [4.78, 5) is 31.7. The Morgan fingerprint density at radius 1 is 0.773 bits per heavy atom. The molecule has 2 fully saturated rings. The van der Waals surface area contributed by atoms with Crippen molar-refractivity contribution in [2.45, 2.75) is 6.54 Å². The third kappa shape index (κ3) is 4.91. The number of hydrogen-bond acceptors (Lipinski definition) is 9. The standard InChI is InChI=1S/C33H29ClN10/c34-32-37-20-38-33(41-32)43-18-23-16-42(17-24(23)19-43)15-21-8-10-25(11-9-21)44-30(26-7-4-14-36-29(26)35)40-28-13-12-27(39-31(28)44)22-5-2-1-3-6-22/h1-14,20,23-24H,15-19H2,(H2,35,36)/t23-,24+. The maximum Gasteiger partial charge on any atom is 0.229 e. The maximum atomic E-state index is 6.34. The van der Waals surface area contributed by atoms with Crippen molar-refractivity contribution in [3.05, 3.63) is 102 Å². The molecule has 2 atom stereocenters. The summed E-state index contributed by atoms with van der Waals surface area (Å²) in [7, 11) is 0. The number of aromatic nitrogens is 7. The molecule has 0 radical (unpaired) electrons. The Labute approximate surface area is 259 Å². The van der Waals surface area contributed by atoms with E-state index in [1.807, 2.05) is 42.5 Å². The lowest BCUT2D eigenvalue weighted by molar-refractivity contribution is 0.308. The van der Waals surface area contributed by atoms with E-state index in [4.69, 9.17) is 27.3 Å². The van der Waals surface area contributed by atoms with E-state index in [0.717, 1.165) is 66.4 Å². The molecule has 6 aromatic rings. The highest BCUT2D eigenvalue weighted by molar-refractivity contribution is 6.28. The summed E-state index contributed by atoms with van der Waals surface area (Å²) in [6.45, 7) is 4.86. The molecule has 0 aliphatic carbocycles. The smallest absolute Gasteiger partial charge is 0.229 e. The van der Waals surface area contributed by atoms with Gasteiger partial charge in [0.1, 0.15) is 17.7 Å². The molecule has 44 heavy (non-hydrogen) atoms. The van der Waals surface area contributed by atoms with Crippen LogP contribution in [0.25, 0.3) is 39.5 Å². The molecular formula is C33H29ClN10. The van der Waals surface area contributed by atoms with Crippen LogP contribution >= 0.6 is 11.6 Å². The second kappa shape index (κ2) is 11.0. The van der Waals surface area contributed by atoms with Crippen molar-refractivity contribution in [1.82, 2.24) is 39.4 Å². The van der Waals surface area contributed by atoms with Crippen molar-refractivity contribution in [2.24, 2.45) is 11.8 Å². The van der Waals surface area contributed by atoms with Crippen LogP contribution in [0.2, 0.25) is 5.28 Å². The fraction of sp³-hybridized carbons (Fsp3) is 0.212. The van der Waals surface area contributed by atoms with Crippen LogP contribution in [0, 0.1) is 11.8 Å². The lowest BCUT2D eigenvalue weighted by Gasteiger charge is -2.21. The average molecular weight is 601 g/mol. The molecule has 2 aliphatic rings. The fourth-order valence-electron chi connectivity index (χ4n) is 6.57. The first kappa shape index (κ1) is 26.7. The summed E-state index contributed by atoms with van der Waals surface area (Å²) >= 11 is 5.99. The lowest BCUT2D eigenvalue weighted by atomic mass is 10.0. The van der Waals surface area contributed by atoms with Gasteiger partial charge in [-0.1, -0.05) is 42.5 Å². The molecular weight excluding hydrogens is 572 g/mol. The summed E-state index contributed by atoms with van der Waals surface area (Å²) in [5, 5.41) is 0.240. The molecule has 0 spiro atoms. The zero-order valence-corrected chi connectivity index (χ0v) is 24.6. The molecule has 10 nitrogen and oxygen atoms in total. The third-order valence-electron chi connectivity index (χ3n) is 8.63. The largest absolute Gasteiger partial charge is 0.383 e. The number of hydrogen-bond donors (Lipinski definition) is 1.